The van der Waals surface area contributed by atoms with E-state index < -0.39 is 0 Å². The Bertz CT molecular complexity index is 141. The smallest absolute Gasteiger partial charge is 0.308 e. The van der Waals surface area contributed by atoms with Gasteiger partial charge in [-0.2, -0.15) is 0 Å². The lowest BCUT2D eigenvalue weighted by molar-refractivity contribution is -0.144. The van der Waals surface area contributed by atoms with Crippen molar-refractivity contribution in [3.63, 3.8) is 0 Å². The maximum Gasteiger partial charge on any atom is 0.308 e. The van der Waals surface area contributed by atoms with Gasteiger partial charge in [0.05, 0.1) is 39.5 Å². The second-order valence-electron chi connectivity index (χ2n) is 2.57. The lowest BCUT2D eigenvalue weighted by Gasteiger charge is -2.04. The van der Waals surface area contributed by atoms with E-state index in [1.165, 1.54) is 0 Å². The molecule has 0 atom stereocenters. The highest BCUT2D eigenvalue weighted by Gasteiger charge is 2.00. The third-order valence-electron chi connectivity index (χ3n) is 1.39. The molecule has 0 aromatic carbocycles. The van der Waals surface area contributed by atoms with Crippen molar-refractivity contribution < 1.29 is 19.0 Å². The van der Waals surface area contributed by atoms with E-state index >= 15 is 0 Å². The van der Waals surface area contributed by atoms with Crippen LogP contribution in [0.3, 0.4) is 0 Å². The molecule has 0 radical (unpaired) electrons. The van der Waals surface area contributed by atoms with Gasteiger partial charge in [-0.15, -0.1) is 0 Å². The van der Waals surface area contributed by atoms with Crippen molar-refractivity contribution in [1.82, 2.24) is 0 Å². The van der Waals surface area contributed by atoms with Crippen LogP contribution in [0.2, 0.25) is 0 Å². The molecule has 0 aromatic rings. The first-order valence-electron chi connectivity index (χ1n) is 4.82. The molecule has 84 valence electrons. The summed E-state index contributed by atoms with van der Waals surface area (Å²) < 4.78 is 14.9. The van der Waals surface area contributed by atoms with Crippen LogP contribution in [0.5, 0.6) is 0 Å². The van der Waals surface area contributed by atoms with Gasteiger partial charge in [0.25, 0.3) is 0 Å². The zero-order valence-corrected chi connectivity index (χ0v) is 8.66. The highest BCUT2D eigenvalue weighted by Crippen LogP contribution is 1.88. The number of esters is 1. The van der Waals surface area contributed by atoms with Crippen LogP contribution >= 0.6 is 0 Å². The minimum atomic E-state index is -0.227. The van der Waals surface area contributed by atoms with E-state index in [9.17, 15) is 4.79 Å². The molecule has 0 amide bonds. The predicted molar refractivity (Wildman–Crippen MR) is 51.9 cm³/mol. The van der Waals surface area contributed by atoms with Gasteiger partial charge >= 0.3 is 5.97 Å². The molecule has 0 saturated carbocycles. The third-order valence-corrected chi connectivity index (χ3v) is 1.39. The summed E-state index contributed by atoms with van der Waals surface area (Å²) in [4.78, 5) is 10.8. The van der Waals surface area contributed by atoms with Gasteiger partial charge in [-0.25, -0.2) is 0 Å². The van der Waals surface area contributed by atoms with Crippen molar-refractivity contribution in [2.45, 2.75) is 13.3 Å². The van der Waals surface area contributed by atoms with Crippen molar-refractivity contribution in [1.29, 1.82) is 0 Å². The average molecular weight is 205 g/mol. The maximum atomic E-state index is 10.8. The normalized spacial score (nSPS) is 10.1. The topological polar surface area (TPSA) is 70.8 Å². The Morgan fingerprint density at radius 2 is 1.79 bits per heavy atom. The summed E-state index contributed by atoms with van der Waals surface area (Å²) in [6.45, 7) is 4.63. The molecule has 0 saturated heterocycles. The van der Waals surface area contributed by atoms with Crippen LogP contribution in [0, 0.1) is 0 Å². The summed E-state index contributed by atoms with van der Waals surface area (Å²) in [5, 5.41) is 0. The summed E-state index contributed by atoms with van der Waals surface area (Å²) in [6.07, 6.45) is 0.296. The second kappa shape index (κ2) is 10.4. The van der Waals surface area contributed by atoms with Gasteiger partial charge in [0.2, 0.25) is 0 Å². The average Bonchev–Trinajstić information content (AvgIpc) is 2.17. The first-order valence-corrected chi connectivity index (χ1v) is 4.82. The molecular weight excluding hydrogens is 186 g/mol. The maximum absolute atomic E-state index is 10.8. The third kappa shape index (κ3) is 9.44. The molecule has 14 heavy (non-hydrogen) atoms. The lowest BCUT2D eigenvalue weighted by Crippen LogP contribution is -2.13. The molecular formula is C9H19NO4. The number of hydrogen-bond donors (Lipinski definition) is 1. The largest absolute Gasteiger partial charge is 0.466 e. The zero-order valence-electron chi connectivity index (χ0n) is 8.66. The molecule has 5 heteroatoms. The molecule has 5 nitrogen and oxygen atoms in total. The molecule has 0 aromatic heterocycles. The van der Waals surface area contributed by atoms with E-state index in [0.29, 0.717) is 46.0 Å². The molecule has 0 aliphatic rings. The summed E-state index contributed by atoms with van der Waals surface area (Å²) in [6, 6.07) is 0. The number of rotatable bonds is 9. The standard InChI is InChI=1S/C9H19NO4/c1-2-14-9(11)3-5-12-7-8-13-6-4-10/h2-8,10H2,1H3. The molecule has 0 rings (SSSR count). The Balaban J connectivity index is 3.01. The van der Waals surface area contributed by atoms with Gasteiger partial charge in [0.15, 0.2) is 0 Å². The van der Waals surface area contributed by atoms with Crippen molar-refractivity contribution >= 4 is 5.97 Å². The molecule has 0 heterocycles. The number of hydrogen-bond acceptors (Lipinski definition) is 5. The van der Waals surface area contributed by atoms with Gasteiger partial charge in [0.1, 0.15) is 0 Å². The van der Waals surface area contributed by atoms with Gasteiger partial charge in [-0.3, -0.25) is 4.79 Å². The number of nitrogens with two attached hydrogens (primary N) is 1. The Kier molecular flexibility index (Phi) is 9.95. The van der Waals surface area contributed by atoms with E-state index in [4.69, 9.17) is 19.9 Å². The summed E-state index contributed by atoms with van der Waals surface area (Å²) in [5.74, 6) is -0.227. The van der Waals surface area contributed by atoms with Gasteiger partial charge in [-0.05, 0) is 6.92 Å². The van der Waals surface area contributed by atoms with E-state index in [1.807, 2.05) is 0 Å². The summed E-state index contributed by atoms with van der Waals surface area (Å²) in [7, 11) is 0. The fourth-order valence-corrected chi connectivity index (χ4v) is 0.794. The van der Waals surface area contributed by atoms with Gasteiger partial charge in [0, 0.05) is 6.54 Å². The minimum Gasteiger partial charge on any atom is -0.466 e. The van der Waals surface area contributed by atoms with E-state index in [-0.39, 0.29) is 5.97 Å². The second-order valence-corrected chi connectivity index (χ2v) is 2.57. The summed E-state index contributed by atoms with van der Waals surface area (Å²) >= 11 is 0. The quantitative estimate of drug-likeness (QED) is 0.421. The van der Waals surface area contributed by atoms with Crippen molar-refractivity contribution in [2.24, 2.45) is 5.73 Å². The highest BCUT2D eigenvalue weighted by molar-refractivity contribution is 5.69. The van der Waals surface area contributed by atoms with Crippen LogP contribution in [0.1, 0.15) is 13.3 Å². The highest BCUT2D eigenvalue weighted by atomic mass is 16.5. The molecule has 0 spiro atoms. The molecule has 0 aliphatic carbocycles. The number of ether oxygens (including phenoxy) is 3. The van der Waals surface area contributed by atoms with Crippen LogP contribution in [-0.2, 0) is 19.0 Å². The fraction of sp³-hybridized carbons (Fsp3) is 0.889. The minimum absolute atomic E-state index is 0.227. The van der Waals surface area contributed by atoms with Gasteiger partial charge in [-0.1, -0.05) is 0 Å². The Morgan fingerprint density at radius 1 is 1.14 bits per heavy atom. The van der Waals surface area contributed by atoms with E-state index in [1.54, 1.807) is 6.92 Å². The fourth-order valence-electron chi connectivity index (χ4n) is 0.794. The SMILES string of the molecule is CCOC(=O)CCOCCOCCN. The Labute approximate surface area is 84.5 Å². The molecule has 0 unspecified atom stereocenters. The van der Waals surface area contributed by atoms with Crippen molar-refractivity contribution in [3.05, 3.63) is 0 Å². The van der Waals surface area contributed by atoms with Gasteiger partial charge < -0.3 is 19.9 Å². The first kappa shape index (κ1) is 13.4. The first-order chi connectivity index (χ1) is 6.81. The van der Waals surface area contributed by atoms with Crippen LogP contribution in [0.4, 0.5) is 0 Å². The summed E-state index contributed by atoms with van der Waals surface area (Å²) in [5.41, 5.74) is 5.22. The van der Waals surface area contributed by atoms with Crippen LogP contribution in [-0.4, -0.2) is 45.5 Å². The predicted octanol–water partition coefficient (Wildman–Crippen LogP) is -0.0685. The molecule has 0 fully saturated rings. The van der Waals surface area contributed by atoms with E-state index in [2.05, 4.69) is 0 Å². The molecule has 2 N–H and O–H groups in total. The van der Waals surface area contributed by atoms with Crippen molar-refractivity contribution in [2.75, 3.05) is 39.6 Å². The lowest BCUT2D eigenvalue weighted by atomic mass is 10.5. The Morgan fingerprint density at radius 3 is 2.36 bits per heavy atom. The zero-order chi connectivity index (χ0) is 10.6. The number of carbonyl (C=O) groups is 1. The van der Waals surface area contributed by atoms with Crippen LogP contribution in [0.15, 0.2) is 0 Å². The molecule has 0 aliphatic heterocycles. The Hall–Kier alpha value is -0.650. The number of carbonyl (C=O) groups excluding carboxylic acids is 1. The van der Waals surface area contributed by atoms with Crippen LogP contribution in [0.25, 0.3) is 0 Å². The van der Waals surface area contributed by atoms with Crippen molar-refractivity contribution in [3.8, 4) is 0 Å². The molecule has 0 bridgehead atoms. The van der Waals surface area contributed by atoms with E-state index in [0.717, 1.165) is 0 Å². The van der Waals surface area contributed by atoms with Crippen LogP contribution < -0.4 is 5.73 Å². The monoisotopic (exact) mass is 205 g/mol.